The molecule has 4 rings (SSSR count). The van der Waals surface area contributed by atoms with Crippen LogP contribution < -0.4 is 10.3 Å². The molecule has 0 bridgehead atoms. The Kier molecular flexibility index (Phi) is 6.74. The summed E-state index contributed by atoms with van der Waals surface area (Å²) in [6.07, 6.45) is 6.61. The normalized spacial score (nSPS) is 16.9. The standard InChI is InChI=1S/C24H28N4O3/c1-30-16-17-8-9-22(31-2)19(12-17)15-28-11-4-3-7-21(28)20-13-23(29)27-24(26-20)18-6-5-10-25-14-18/h5-6,8-10,12-14,21H,3-4,7,11,15-16H2,1-2H3,(H,26,27,29)/t21-/m1/s1. The van der Waals surface area contributed by atoms with E-state index in [0.717, 1.165) is 60.5 Å². The van der Waals surface area contributed by atoms with Gasteiger partial charge >= 0.3 is 0 Å². The maximum Gasteiger partial charge on any atom is 0.251 e. The van der Waals surface area contributed by atoms with E-state index in [1.54, 1.807) is 32.7 Å². The molecule has 31 heavy (non-hydrogen) atoms. The number of pyridine rings is 1. The molecule has 1 aliphatic rings. The fourth-order valence-electron chi connectivity index (χ4n) is 4.23. The summed E-state index contributed by atoms with van der Waals surface area (Å²) in [5, 5.41) is 0. The lowest BCUT2D eigenvalue weighted by Crippen LogP contribution is -2.34. The van der Waals surface area contributed by atoms with Gasteiger partial charge in [-0.3, -0.25) is 14.7 Å². The van der Waals surface area contributed by atoms with Gasteiger partial charge in [0, 0.05) is 43.2 Å². The van der Waals surface area contributed by atoms with Crippen LogP contribution in [0.5, 0.6) is 5.75 Å². The van der Waals surface area contributed by atoms with Crippen molar-refractivity contribution in [3.63, 3.8) is 0 Å². The van der Waals surface area contributed by atoms with Crippen molar-refractivity contribution < 1.29 is 9.47 Å². The molecule has 0 spiro atoms. The quantitative estimate of drug-likeness (QED) is 0.628. The molecular weight excluding hydrogens is 392 g/mol. The Morgan fingerprint density at radius 1 is 1.19 bits per heavy atom. The molecule has 1 fully saturated rings. The van der Waals surface area contributed by atoms with Crippen molar-refractivity contribution in [2.75, 3.05) is 20.8 Å². The van der Waals surface area contributed by atoms with Crippen LogP contribution in [0.15, 0.2) is 53.6 Å². The zero-order valence-corrected chi connectivity index (χ0v) is 18.0. The molecular formula is C24H28N4O3. The molecule has 1 atom stereocenters. The Labute approximate surface area is 182 Å². The molecule has 0 saturated carbocycles. The molecule has 1 saturated heterocycles. The summed E-state index contributed by atoms with van der Waals surface area (Å²) in [6, 6.07) is 11.6. The van der Waals surface area contributed by atoms with E-state index in [-0.39, 0.29) is 11.6 Å². The second-order valence-electron chi connectivity index (χ2n) is 7.82. The summed E-state index contributed by atoms with van der Waals surface area (Å²) >= 11 is 0. The number of hydrogen-bond donors (Lipinski definition) is 1. The number of ether oxygens (including phenoxy) is 2. The maximum atomic E-state index is 12.4. The first-order chi connectivity index (χ1) is 15.2. The molecule has 3 aromatic rings. The molecule has 1 aliphatic heterocycles. The molecule has 1 N–H and O–H groups in total. The number of nitrogens with zero attached hydrogens (tertiary/aromatic N) is 3. The van der Waals surface area contributed by atoms with Crippen LogP contribution in [0.4, 0.5) is 0 Å². The van der Waals surface area contributed by atoms with Gasteiger partial charge in [-0.25, -0.2) is 4.98 Å². The monoisotopic (exact) mass is 420 g/mol. The summed E-state index contributed by atoms with van der Waals surface area (Å²) in [7, 11) is 3.39. The minimum absolute atomic E-state index is 0.0715. The summed E-state index contributed by atoms with van der Waals surface area (Å²) in [5.74, 6) is 1.42. The third-order valence-corrected chi connectivity index (χ3v) is 5.68. The van der Waals surface area contributed by atoms with Crippen LogP contribution in [0.3, 0.4) is 0 Å². The Balaban J connectivity index is 1.65. The van der Waals surface area contributed by atoms with Gasteiger partial charge in [-0.2, -0.15) is 0 Å². The Morgan fingerprint density at radius 2 is 2.10 bits per heavy atom. The maximum absolute atomic E-state index is 12.4. The molecule has 162 valence electrons. The van der Waals surface area contributed by atoms with Gasteiger partial charge in [-0.05, 0) is 49.2 Å². The molecule has 0 aliphatic carbocycles. The molecule has 7 nitrogen and oxygen atoms in total. The molecule has 2 aromatic heterocycles. The van der Waals surface area contributed by atoms with Gasteiger partial charge in [0.2, 0.25) is 0 Å². The van der Waals surface area contributed by atoms with Crippen LogP contribution in [0.25, 0.3) is 11.4 Å². The second kappa shape index (κ2) is 9.85. The van der Waals surface area contributed by atoms with Gasteiger partial charge in [-0.15, -0.1) is 0 Å². The lowest BCUT2D eigenvalue weighted by atomic mass is 9.97. The van der Waals surface area contributed by atoms with Crippen LogP contribution in [0, 0.1) is 0 Å². The number of H-pyrrole nitrogens is 1. The zero-order chi connectivity index (χ0) is 21.6. The van der Waals surface area contributed by atoms with Gasteiger partial charge in [0.15, 0.2) is 0 Å². The van der Waals surface area contributed by atoms with Crippen molar-refractivity contribution in [2.45, 2.75) is 38.5 Å². The number of nitrogens with one attached hydrogen (secondary N) is 1. The first-order valence-electron chi connectivity index (χ1n) is 10.6. The average Bonchev–Trinajstić information content (AvgIpc) is 2.80. The highest BCUT2D eigenvalue weighted by Gasteiger charge is 2.27. The minimum atomic E-state index is -0.144. The Hall–Kier alpha value is -3.03. The molecule has 0 radical (unpaired) electrons. The Bertz CT molecular complexity index is 1070. The van der Waals surface area contributed by atoms with Crippen LogP contribution >= 0.6 is 0 Å². The van der Waals surface area contributed by atoms with Gasteiger partial charge in [-0.1, -0.05) is 12.5 Å². The Morgan fingerprint density at radius 3 is 2.87 bits per heavy atom. The SMILES string of the molecule is COCc1ccc(OC)c(CN2CCCC[C@@H]2c2cc(=O)[nH]c(-c3cccnc3)n2)c1. The van der Waals surface area contributed by atoms with Crippen molar-refractivity contribution in [1.29, 1.82) is 0 Å². The van der Waals surface area contributed by atoms with Crippen molar-refractivity contribution in [3.05, 3.63) is 76.0 Å². The van der Waals surface area contributed by atoms with Crippen molar-refractivity contribution >= 4 is 0 Å². The number of piperidine rings is 1. The molecule has 7 heteroatoms. The van der Waals surface area contributed by atoms with E-state index in [1.165, 1.54) is 0 Å². The summed E-state index contributed by atoms with van der Waals surface area (Å²) in [5.41, 5.74) is 3.68. The number of rotatable bonds is 7. The molecule has 3 heterocycles. The lowest BCUT2D eigenvalue weighted by molar-refractivity contribution is 0.135. The smallest absolute Gasteiger partial charge is 0.251 e. The van der Waals surface area contributed by atoms with Crippen molar-refractivity contribution in [1.82, 2.24) is 19.9 Å². The van der Waals surface area contributed by atoms with Crippen LogP contribution in [-0.4, -0.2) is 40.6 Å². The molecule has 0 unspecified atom stereocenters. The van der Waals surface area contributed by atoms with Crippen LogP contribution in [-0.2, 0) is 17.9 Å². The van der Waals surface area contributed by atoms with Crippen LogP contribution in [0.2, 0.25) is 0 Å². The van der Waals surface area contributed by atoms with E-state index in [2.05, 4.69) is 20.9 Å². The van der Waals surface area contributed by atoms with E-state index in [0.29, 0.717) is 12.4 Å². The third kappa shape index (κ3) is 5.00. The first-order valence-corrected chi connectivity index (χ1v) is 10.6. The van der Waals surface area contributed by atoms with Gasteiger partial charge < -0.3 is 14.5 Å². The van der Waals surface area contributed by atoms with E-state index >= 15 is 0 Å². The summed E-state index contributed by atoms with van der Waals surface area (Å²) in [4.78, 5) is 26.7. The predicted molar refractivity (Wildman–Crippen MR) is 119 cm³/mol. The highest BCUT2D eigenvalue weighted by Crippen LogP contribution is 2.33. The number of aromatic amines is 1. The predicted octanol–water partition coefficient (Wildman–Crippen LogP) is 3.71. The highest BCUT2D eigenvalue weighted by molar-refractivity contribution is 5.52. The van der Waals surface area contributed by atoms with Gasteiger partial charge in [0.05, 0.1) is 25.5 Å². The summed E-state index contributed by atoms with van der Waals surface area (Å²) < 4.78 is 10.9. The van der Waals surface area contributed by atoms with E-state index in [4.69, 9.17) is 14.5 Å². The van der Waals surface area contributed by atoms with Crippen molar-refractivity contribution in [3.8, 4) is 17.1 Å². The zero-order valence-electron chi connectivity index (χ0n) is 18.0. The number of methoxy groups -OCH3 is 2. The number of likely N-dealkylation sites (tertiary alicyclic amines) is 1. The number of benzene rings is 1. The van der Waals surface area contributed by atoms with Crippen LogP contribution in [0.1, 0.15) is 42.1 Å². The minimum Gasteiger partial charge on any atom is -0.496 e. The molecule has 1 aromatic carbocycles. The second-order valence-corrected chi connectivity index (χ2v) is 7.82. The van der Waals surface area contributed by atoms with E-state index < -0.39 is 0 Å². The third-order valence-electron chi connectivity index (χ3n) is 5.68. The fourth-order valence-corrected chi connectivity index (χ4v) is 4.23. The summed E-state index contributed by atoms with van der Waals surface area (Å²) in [6.45, 7) is 2.23. The molecule has 0 amide bonds. The average molecular weight is 421 g/mol. The van der Waals surface area contributed by atoms with E-state index in [1.807, 2.05) is 24.3 Å². The van der Waals surface area contributed by atoms with Crippen molar-refractivity contribution in [2.24, 2.45) is 0 Å². The number of aromatic nitrogens is 3. The highest BCUT2D eigenvalue weighted by atomic mass is 16.5. The topological polar surface area (TPSA) is 80.3 Å². The van der Waals surface area contributed by atoms with E-state index in [9.17, 15) is 4.79 Å². The lowest BCUT2D eigenvalue weighted by Gasteiger charge is -2.35. The van der Waals surface area contributed by atoms with Gasteiger partial charge in [0.1, 0.15) is 11.6 Å². The van der Waals surface area contributed by atoms with Gasteiger partial charge in [0.25, 0.3) is 5.56 Å². The fraction of sp³-hybridized carbons (Fsp3) is 0.375. The number of hydrogen-bond acceptors (Lipinski definition) is 6. The first kappa shape index (κ1) is 21.2. The largest absolute Gasteiger partial charge is 0.496 e.